The topological polar surface area (TPSA) is 44.1 Å². The monoisotopic (exact) mass is 366 g/mol. The first-order chi connectivity index (χ1) is 12.0. The van der Waals surface area contributed by atoms with Crippen LogP contribution in [0.4, 0.5) is 13.2 Å². The SMILES string of the molecule is COc1cc(F)c(-c2c(Cl)nc(C=O)n2-c2ccc(F)cc2)c(F)c1. The highest BCUT2D eigenvalue weighted by Gasteiger charge is 2.25. The normalized spacial score (nSPS) is 10.8. The van der Waals surface area contributed by atoms with Crippen molar-refractivity contribution in [2.45, 2.75) is 0 Å². The van der Waals surface area contributed by atoms with Crippen LogP contribution in [0.1, 0.15) is 10.6 Å². The second-order valence-electron chi connectivity index (χ2n) is 5.01. The maximum absolute atomic E-state index is 14.5. The molecule has 0 atom stereocenters. The van der Waals surface area contributed by atoms with Gasteiger partial charge in [0.25, 0.3) is 0 Å². The fourth-order valence-electron chi connectivity index (χ4n) is 2.45. The first-order valence-corrected chi connectivity index (χ1v) is 7.36. The summed E-state index contributed by atoms with van der Waals surface area (Å²) in [6, 6.07) is 6.92. The summed E-state index contributed by atoms with van der Waals surface area (Å²) in [5, 5.41) is -0.269. The molecule has 0 N–H and O–H groups in total. The molecule has 1 heterocycles. The Hall–Kier alpha value is -2.80. The van der Waals surface area contributed by atoms with Crippen LogP contribution in [0.5, 0.6) is 5.75 Å². The second-order valence-corrected chi connectivity index (χ2v) is 5.36. The van der Waals surface area contributed by atoms with E-state index in [1.165, 1.54) is 19.2 Å². The quantitative estimate of drug-likeness (QED) is 0.641. The molecule has 2 aromatic carbocycles. The van der Waals surface area contributed by atoms with Crippen LogP contribution in [0.2, 0.25) is 5.15 Å². The van der Waals surface area contributed by atoms with Gasteiger partial charge in [0.05, 0.1) is 18.4 Å². The van der Waals surface area contributed by atoms with Crippen LogP contribution >= 0.6 is 11.6 Å². The van der Waals surface area contributed by atoms with E-state index in [1.807, 2.05) is 0 Å². The Kier molecular flexibility index (Phi) is 4.50. The highest BCUT2D eigenvalue weighted by Crippen LogP contribution is 2.36. The molecule has 0 aliphatic carbocycles. The molecule has 8 heteroatoms. The number of halogens is 4. The first kappa shape index (κ1) is 17.0. The minimum absolute atomic E-state index is 0.0154. The van der Waals surface area contributed by atoms with E-state index in [0.717, 1.165) is 28.8 Å². The van der Waals surface area contributed by atoms with Crippen molar-refractivity contribution in [2.24, 2.45) is 0 Å². The molecule has 3 rings (SSSR count). The molecule has 0 saturated heterocycles. The predicted molar refractivity (Wildman–Crippen MR) is 85.8 cm³/mol. The molecule has 25 heavy (non-hydrogen) atoms. The van der Waals surface area contributed by atoms with Crippen LogP contribution in [-0.4, -0.2) is 22.9 Å². The Morgan fingerprint density at radius 2 is 1.72 bits per heavy atom. The van der Waals surface area contributed by atoms with Crippen LogP contribution in [-0.2, 0) is 0 Å². The summed E-state index contributed by atoms with van der Waals surface area (Å²) in [6.07, 6.45) is 0.387. The van der Waals surface area contributed by atoms with Gasteiger partial charge in [-0.15, -0.1) is 0 Å². The fraction of sp³-hybridized carbons (Fsp3) is 0.0588. The van der Waals surface area contributed by atoms with Gasteiger partial charge in [0, 0.05) is 17.8 Å². The number of imidazole rings is 1. The van der Waals surface area contributed by atoms with Gasteiger partial charge in [-0.2, -0.15) is 0 Å². The van der Waals surface area contributed by atoms with Crippen molar-refractivity contribution in [1.29, 1.82) is 0 Å². The molecule has 0 aliphatic heterocycles. The van der Waals surface area contributed by atoms with Gasteiger partial charge in [0.15, 0.2) is 17.3 Å². The van der Waals surface area contributed by atoms with Gasteiger partial charge in [-0.1, -0.05) is 11.6 Å². The zero-order valence-electron chi connectivity index (χ0n) is 12.8. The van der Waals surface area contributed by atoms with Crippen molar-refractivity contribution in [2.75, 3.05) is 7.11 Å². The van der Waals surface area contributed by atoms with Crippen LogP contribution in [0.15, 0.2) is 36.4 Å². The average molecular weight is 367 g/mol. The lowest BCUT2D eigenvalue weighted by molar-refractivity contribution is 0.111. The standard InChI is InChI=1S/C17H10ClF3N2O2/c1-25-11-6-12(20)15(13(21)7-11)16-17(18)22-14(8-24)23(16)10-4-2-9(19)3-5-10/h2-8H,1H3. The summed E-state index contributed by atoms with van der Waals surface area (Å²) in [4.78, 5) is 15.1. The molecule has 4 nitrogen and oxygen atoms in total. The summed E-state index contributed by atoms with van der Waals surface area (Å²) < 4.78 is 48.1. The smallest absolute Gasteiger partial charge is 0.186 e. The lowest BCUT2D eigenvalue weighted by Gasteiger charge is -2.13. The maximum Gasteiger partial charge on any atom is 0.186 e. The molecule has 0 radical (unpaired) electrons. The van der Waals surface area contributed by atoms with Crippen LogP contribution in [0.3, 0.4) is 0 Å². The predicted octanol–water partition coefficient (Wildman–Crippen LogP) is 4.43. The zero-order chi connectivity index (χ0) is 18.1. The van der Waals surface area contributed by atoms with Gasteiger partial charge in [-0.05, 0) is 24.3 Å². The number of nitrogens with zero attached hydrogens (tertiary/aromatic N) is 2. The number of carbonyl (C=O) groups excluding carboxylic acids is 1. The Balaban J connectivity index is 2.33. The number of carbonyl (C=O) groups is 1. The lowest BCUT2D eigenvalue weighted by Crippen LogP contribution is -2.04. The maximum atomic E-state index is 14.5. The van der Waals surface area contributed by atoms with Crippen molar-refractivity contribution < 1.29 is 22.7 Å². The summed E-state index contributed by atoms with van der Waals surface area (Å²) >= 11 is 6.03. The number of benzene rings is 2. The van der Waals surface area contributed by atoms with Gasteiger partial charge >= 0.3 is 0 Å². The molecule has 0 spiro atoms. The van der Waals surface area contributed by atoms with Crippen molar-refractivity contribution in [3.05, 3.63) is 64.8 Å². The van der Waals surface area contributed by atoms with E-state index in [9.17, 15) is 18.0 Å². The Morgan fingerprint density at radius 3 is 2.24 bits per heavy atom. The number of hydrogen-bond donors (Lipinski definition) is 0. The number of hydrogen-bond acceptors (Lipinski definition) is 3. The van der Waals surface area contributed by atoms with Crippen molar-refractivity contribution in [1.82, 2.24) is 9.55 Å². The van der Waals surface area contributed by atoms with Gasteiger partial charge < -0.3 is 4.74 Å². The molecule has 0 amide bonds. The Labute approximate surface area is 145 Å². The van der Waals surface area contributed by atoms with Gasteiger partial charge in [-0.3, -0.25) is 9.36 Å². The van der Waals surface area contributed by atoms with E-state index in [4.69, 9.17) is 16.3 Å². The molecule has 0 saturated carbocycles. The highest BCUT2D eigenvalue weighted by molar-refractivity contribution is 6.32. The van der Waals surface area contributed by atoms with Crippen LogP contribution in [0.25, 0.3) is 16.9 Å². The van der Waals surface area contributed by atoms with E-state index in [2.05, 4.69) is 4.98 Å². The highest BCUT2D eigenvalue weighted by atomic mass is 35.5. The molecule has 1 aromatic heterocycles. The Morgan fingerprint density at radius 1 is 1.12 bits per heavy atom. The number of rotatable bonds is 4. The summed E-state index contributed by atoms with van der Waals surface area (Å²) in [7, 11) is 1.27. The molecule has 0 aliphatic rings. The second kappa shape index (κ2) is 6.60. The minimum atomic E-state index is -0.945. The molecule has 128 valence electrons. The number of ether oxygens (including phenoxy) is 1. The first-order valence-electron chi connectivity index (χ1n) is 6.99. The van der Waals surface area contributed by atoms with Gasteiger partial charge in [0.2, 0.25) is 0 Å². The molecule has 0 unspecified atom stereocenters. The van der Waals surface area contributed by atoms with Gasteiger partial charge in [-0.25, -0.2) is 18.2 Å². The third-order valence-electron chi connectivity index (χ3n) is 3.54. The number of aldehydes is 1. The van der Waals surface area contributed by atoms with E-state index >= 15 is 0 Å². The van der Waals surface area contributed by atoms with Crippen molar-refractivity contribution >= 4 is 17.9 Å². The van der Waals surface area contributed by atoms with Crippen LogP contribution < -0.4 is 4.74 Å². The average Bonchev–Trinajstić information content (AvgIpc) is 2.91. The lowest BCUT2D eigenvalue weighted by atomic mass is 10.1. The van der Waals surface area contributed by atoms with E-state index < -0.39 is 23.0 Å². The third-order valence-corrected chi connectivity index (χ3v) is 3.80. The summed E-state index contributed by atoms with van der Waals surface area (Å²) in [5.74, 6) is -2.59. The van der Waals surface area contributed by atoms with E-state index in [-0.39, 0.29) is 28.1 Å². The van der Waals surface area contributed by atoms with Crippen molar-refractivity contribution in [3.63, 3.8) is 0 Å². The fourth-order valence-corrected chi connectivity index (χ4v) is 2.72. The molecule has 0 fully saturated rings. The number of methoxy groups -OCH3 is 1. The van der Waals surface area contributed by atoms with Crippen molar-refractivity contribution in [3.8, 4) is 22.7 Å². The molecular formula is C17H10ClF3N2O2. The van der Waals surface area contributed by atoms with E-state index in [1.54, 1.807) is 0 Å². The van der Waals surface area contributed by atoms with Crippen LogP contribution in [0, 0.1) is 17.5 Å². The van der Waals surface area contributed by atoms with Gasteiger partial charge in [0.1, 0.15) is 23.2 Å². The summed E-state index contributed by atoms with van der Waals surface area (Å²) in [6.45, 7) is 0. The largest absolute Gasteiger partial charge is 0.497 e. The summed E-state index contributed by atoms with van der Waals surface area (Å²) in [5.41, 5.74) is -0.365. The Bertz CT molecular complexity index is 932. The zero-order valence-corrected chi connectivity index (χ0v) is 13.5. The number of aromatic nitrogens is 2. The minimum Gasteiger partial charge on any atom is -0.497 e. The molecule has 0 bridgehead atoms. The third kappa shape index (κ3) is 2.98. The van der Waals surface area contributed by atoms with E-state index in [0.29, 0.717) is 6.29 Å². The molecular weight excluding hydrogens is 357 g/mol. The molecule has 3 aromatic rings.